The number of hydrogen-bond donors (Lipinski definition) is 1. The van der Waals surface area contributed by atoms with Gasteiger partial charge in [-0.1, -0.05) is 55.3 Å². The number of halogens is 1. The van der Waals surface area contributed by atoms with Crippen molar-refractivity contribution in [2.75, 3.05) is 6.61 Å². The first-order valence-corrected chi connectivity index (χ1v) is 15.6. The second-order valence-corrected chi connectivity index (χ2v) is 13.6. The summed E-state index contributed by atoms with van der Waals surface area (Å²) in [5, 5.41) is 12.5. The molecule has 0 amide bonds. The number of aliphatic hydroxyl groups excluding tert-OH is 1. The topological polar surface area (TPSA) is 146 Å². The Kier molecular flexibility index (Phi) is 8.13. The van der Waals surface area contributed by atoms with E-state index in [1.165, 1.54) is 24.5 Å². The molecule has 43 heavy (non-hydrogen) atoms. The molecule has 11 heteroatoms. The minimum atomic E-state index is -1.86. The first kappa shape index (κ1) is 31.4. The monoisotopic (exact) mass is 660 g/mol. The largest absolute Gasteiger partial charge is 0.457 e. The van der Waals surface area contributed by atoms with Crippen molar-refractivity contribution in [2.24, 2.45) is 22.7 Å². The van der Waals surface area contributed by atoms with Crippen LogP contribution in [0.2, 0.25) is 0 Å². The van der Waals surface area contributed by atoms with Crippen molar-refractivity contribution in [3.05, 3.63) is 48.0 Å². The standard InChI is InChI=1S/C32H37BrO10/c1-5-24(36)41-17-23(35)31(43-25(37)6-2)14-12-20-21-10-9-18-16-19(34)11-13-29(18,3)32(21,33)26(38)27(30(20,31)4)42-28(39)22-8-7-15-40-22/h7-8,11,13,15-16,20-21,26-27,38H,5-6,9-10,12,14,17H2,1-4H3/t20-,21-,26-,27+,29-,30+,31-,32-/m0/s1. The lowest BCUT2D eigenvalue weighted by Gasteiger charge is -2.66. The van der Waals surface area contributed by atoms with Crippen LogP contribution in [0.4, 0.5) is 0 Å². The molecular weight excluding hydrogens is 624 g/mol. The van der Waals surface area contributed by atoms with Crippen LogP contribution in [0.1, 0.15) is 76.8 Å². The van der Waals surface area contributed by atoms with E-state index in [2.05, 4.69) is 15.9 Å². The summed E-state index contributed by atoms with van der Waals surface area (Å²) in [6.45, 7) is 6.22. The lowest BCUT2D eigenvalue weighted by atomic mass is 9.45. The summed E-state index contributed by atoms with van der Waals surface area (Å²) >= 11 is 3.96. The number of fused-ring (bicyclic) bond motifs is 5. The maximum atomic E-state index is 14.2. The smallest absolute Gasteiger partial charge is 0.374 e. The fraction of sp³-hybridized carbons (Fsp3) is 0.594. The Balaban J connectivity index is 1.68. The Morgan fingerprint density at radius 2 is 1.81 bits per heavy atom. The van der Waals surface area contributed by atoms with Crippen molar-refractivity contribution in [3.63, 3.8) is 0 Å². The number of hydrogen-bond acceptors (Lipinski definition) is 10. The van der Waals surface area contributed by atoms with Gasteiger partial charge in [0.2, 0.25) is 11.5 Å². The Bertz CT molecular complexity index is 1400. The number of allylic oxidation sites excluding steroid dienone is 4. The fourth-order valence-corrected chi connectivity index (χ4v) is 9.41. The molecule has 5 rings (SSSR count). The number of carbonyl (C=O) groups is 5. The van der Waals surface area contributed by atoms with Crippen LogP contribution in [0.3, 0.4) is 0 Å². The Labute approximate surface area is 258 Å². The molecule has 0 aliphatic heterocycles. The Morgan fingerprint density at radius 3 is 2.47 bits per heavy atom. The molecule has 1 aromatic heterocycles. The van der Waals surface area contributed by atoms with Gasteiger partial charge in [0.15, 0.2) is 18.0 Å². The molecule has 1 heterocycles. The van der Waals surface area contributed by atoms with E-state index in [0.29, 0.717) is 19.3 Å². The van der Waals surface area contributed by atoms with Gasteiger partial charge in [-0.05, 0) is 61.8 Å². The zero-order valence-electron chi connectivity index (χ0n) is 24.7. The fourth-order valence-electron chi connectivity index (χ4n) is 8.24. The van der Waals surface area contributed by atoms with Gasteiger partial charge in [0.05, 0.1) is 16.0 Å². The summed E-state index contributed by atoms with van der Waals surface area (Å²) in [5.74, 6) is -3.67. The normalized spacial score (nSPS) is 37.8. The SMILES string of the molecule is CCC(=O)OCC(=O)[C@@]1(OC(=O)CC)CC[C@H]2[C@@H]3CCC4=CC(=O)C=C[C@]4(C)[C@@]3(Br)[C@@H](O)[C@@H](OC(=O)c3ccco3)[C@@]21C. The highest BCUT2D eigenvalue weighted by Crippen LogP contribution is 2.72. The molecule has 232 valence electrons. The second kappa shape index (κ2) is 11.1. The highest BCUT2D eigenvalue weighted by atomic mass is 79.9. The number of rotatable bonds is 8. The second-order valence-electron chi connectivity index (χ2n) is 12.3. The van der Waals surface area contributed by atoms with Gasteiger partial charge < -0.3 is 23.7 Å². The number of alkyl halides is 1. The zero-order valence-corrected chi connectivity index (χ0v) is 26.3. The van der Waals surface area contributed by atoms with Crippen LogP contribution in [0, 0.1) is 22.7 Å². The Hall–Kier alpha value is -3.05. The van der Waals surface area contributed by atoms with E-state index in [4.69, 9.17) is 18.6 Å². The van der Waals surface area contributed by atoms with Crippen LogP contribution in [-0.4, -0.2) is 63.3 Å². The third kappa shape index (κ3) is 4.48. The van der Waals surface area contributed by atoms with E-state index in [9.17, 15) is 29.1 Å². The number of Topliss-reactive ketones (excluding diaryl/α,β-unsaturated/α-hetero) is 1. The molecule has 1 N–H and O–H groups in total. The van der Waals surface area contributed by atoms with Gasteiger partial charge in [0.1, 0.15) is 12.2 Å². The van der Waals surface area contributed by atoms with Gasteiger partial charge in [0.25, 0.3) is 0 Å². The third-order valence-corrected chi connectivity index (χ3v) is 12.4. The van der Waals surface area contributed by atoms with Gasteiger partial charge >= 0.3 is 17.9 Å². The molecule has 0 radical (unpaired) electrons. The highest BCUT2D eigenvalue weighted by Gasteiger charge is 2.79. The summed E-state index contributed by atoms with van der Waals surface area (Å²) in [6.07, 6.45) is 5.00. The molecule has 0 spiro atoms. The van der Waals surface area contributed by atoms with Gasteiger partial charge in [-0.2, -0.15) is 0 Å². The molecule has 4 aliphatic carbocycles. The number of ether oxygens (including phenoxy) is 3. The van der Waals surface area contributed by atoms with Crippen molar-refractivity contribution in [2.45, 2.75) is 88.4 Å². The molecular formula is C32H37BrO10. The molecule has 8 atom stereocenters. The molecule has 3 fully saturated rings. The first-order valence-electron chi connectivity index (χ1n) is 14.8. The lowest BCUT2D eigenvalue weighted by molar-refractivity contribution is -0.230. The van der Waals surface area contributed by atoms with Crippen molar-refractivity contribution >= 4 is 45.4 Å². The summed E-state index contributed by atoms with van der Waals surface area (Å²) in [5.41, 5.74) is -3.29. The third-order valence-electron chi connectivity index (χ3n) is 10.5. The van der Waals surface area contributed by atoms with Gasteiger partial charge in [-0.3, -0.25) is 19.2 Å². The number of furan rings is 1. The molecule has 10 nitrogen and oxygen atoms in total. The van der Waals surface area contributed by atoms with E-state index in [-0.39, 0.29) is 36.7 Å². The molecule has 1 aromatic rings. The quantitative estimate of drug-likeness (QED) is 0.241. The predicted octanol–water partition coefficient (Wildman–Crippen LogP) is 4.43. The molecule has 0 unspecified atom stereocenters. The van der Waals surface area contributed by atoms with Gasteiger partial charge in [-0.15, -0.1) is 0 Å². The van der Waals surface area contributed by atoms with Crippen molar-refractivity contribution < 1.29 is 47.7 Å². The zero-order chi connectivity index (χ0) is 31.4. The van der Waals surface area contributed by atoms with Crippen LogP contribution >= 0.6 is 15.9 Å². The van der Waals surface area contributed by atoms with Crippen LogP contribution in [0.25, 0.3) is 0 Å². The minimum Gasteiger partial charge on any atom is -0.457 e. The summed E-state index contributed by atoms with van der Waals surface area (Å²) in [4.78, 5) is 65.0. The van der Waals surface area contributed by atoms with E-state index in [1.54, 1.807) is 32.9 Å². The molecule has 0 saturated heterocycles. The predicted molar refractivity (Wildman–Crippen MR) is 155 cm³/mol. The molecule has 4 aliphatic rings. The molecule has 3 saturated carbocycles. The average Bonchev–Trinajstić information content (AvgIpc) is 3.63. The summed E-state index contributed by atoms with van der Waals surface area (Å²) in [6, 6.07) is 2.95. The maximum Gasteiger partial charge on any atom is 0.374 e. The minimum absolute atomic E-state index is 0.0270. The number of carbonyl (C=O) groups excluding carboxylic acids is 5. The maximum absolute atomic E-state index is 14.2. The molecule has 0 aromatic carbocycles. The van der Waals surface area contributed by atoms with E-state index in [1.807, 2.05) is 6.92 Å². The van der Waals surface area contributed by atoms with E-state index in [0.717, 1.165) is 5.57 Å². The van der Waals surface area contributed by atoms with E-state index < -0.39 is 69.2 Å². The van der Waals surface area contributed by atoms with Gasteiger partial charge in [0, 0.05) is 18.3 Å². The average molecular weight is 662 g/mol. The van der Waals surface area contributed by atoms with Crippen LogP contribution < -0.4 is 0 Å². The lowest BCUT2D eigenvalue weighted by Crippen LogP contribution is -2.75. The number of aliphatic hydroxyl groups is 1. The van der Waals surface area contributed by atoms with Crippen molar-refractivity contribution in [1.82, 2.24) is 0 Å². The van der Waals surface area contributed by atoms with Crippen LogP contribution in [-0.2, 0) is 33.4 Å². The van der Waals surface area contributed by atoms with Crippen molar-refractivity contribution in [1.29, 1.82) is 0 Å². The number of ketones is 2. The highest BCUT2D eigenvalue weighted by molar-refractivity contribution is 9.10. The molecule has 0 bridgehead atoms. The van der Waals surface area contributed by atoms with Crippen LogP contribution in [0.15, 0.2) is 46.6 Å². The van der Waals surface area contributed by atoms with Crippen LogP contribution in [0.5, 0.6) is 0 Å². The summed E-state index contributed by atoms with van der Waals surface area (Å²) in [7, 11) is 0. The van der Waals surface area contributed by atoms with E-state index >= 15 is 0 Å². The summed E-state index contributed by atoms with van der Waals surface area (Å²) < 4.78 is 21.6. The Morgan fingerprint density at radius 1 is 1.09 bits per heavy atom. The van der Waals surface area contributed by atoms with Gasteiger partial charge in [-0.25, -0.2) is 4.79 Å². The van der Waals surface area contributed by atoms with Crippen molar-refractivity contribution in [3.8, 4) is 0 Å². The first-order chi connectivity index (χ1) is 20.3. The number of esters is 3.